The Balaban J connectivity index is 0.963. The molecule has 354 valence electrons. The van der Waals surface area contributed by atoms with E-state index in [0.717, 1.165) is 15.9 Å². The third-order valence-electron chi connectivity index (χ3n) is 8.72. The average Bonchev–Trinajstić information content (AvgIpc) is 3.52. The Bertz CT molecular complexity index is 1370. The number of halogens is 1. The standard InChI is InChI=1S/C41H66IN3O17/c42-6-8-50-10-12-52-14-16-54-18-20-56-22-24-58-26-28-60-30-32-62-33-31-61-29-27-59-25-23-57-21-19-55-17-15-53-13-11-51-9-7-43-35-3-1-2-34-38(35)41(49)45(40(34)48)36-4-5-37(46)44-39(36)47/h1-3,36,43H,4-33H2,(H,44,46,47). The molecule has 0 radical (unpaired) electrons. The van der Waals surface area contributed by atoms with E-state index in [9.17, 15) is 19.2 Å². The van der Waals surface area contributed by atoms with Crippen molar-refractivity contribution in [2.75, 3.05) is 188 Å². The van der Waals surface area contributed by atoms with Crippen LogP contribution in [-0.2, 0) is 71.2 Å². The smallest absolute Gasteiger partial charge is 0.264 e. The molecule has 1 aromatic rings. The van der Waals surface area contributed by atoms with Crippen molar-refractivity contribution in [2.24, 2.45) is 0 Å². The maximum absolute atomic E-state index is 13.2. The number of carbonyl (C=O) groups excluding carboxylic acids is 4. The number of amides is 4. The van der Waals surface area contributed by atoms with E-state index in [1.54, 1.807) is 18.2 Å². The summed E-state index contributed by atoms with van der Waals surface area (Å²) in [5, 5.41) is 5.33. The first kappa shape index (κ1) is 53.8. The zero-order valence-corrected chi connectivity index (χ0v) is 37.9. The van der Waals surface area contributed by atoms with Crippen LogP contribution >= 0.6 is 22.6 Å². The number of fused-ring (bicyclic) bond motifs is 1. The second-order valence-corrected chi connectivity index (χ2v) is 14.3. The average molecular weight is 1000 g/mol. The fourth-order valence-electron chi connectivity index (χ4n) is 5.72. The van der Waals surface area contributed by atoms with Crippen LogP contribution in [0.5, 0.6) is 0 Å². The molecular formula is C41H66IN3O17. The molecule has 0 aliphatic carbocycles. The zero-order valence-electron chi connectivity index (χ0n) is 35.8. The fraction of sp³-hybridized carbons (Fsp3) is 0.756. The van der Waals surface area contributed by atoms with Gasteiger partial charge in [0.05, 0.1) is 183 Å². The lowest BCUT2D eigenvalue weighted by molar-refractivity contribution is -0.136. The van der Waals surface area contributed by atoms with E-state index in [0.29, 0.717) is 177 Å². The molecule has 2 heterocycles. The van der Waals surface area contributed by atoms with Crippen molar-refractivity contribution in [2.45, 2.75) is 18.9 Å². The zero-order chi connectivity index (χ0) is 44.1. The van der Waals surface area contributed by atoms with Crippen molar-refractivity contribution in [1.82, 2.24) is 10.2 Å². The molecule has 1 aromatic carbocycles. The molecule has 1 unspecified atom stereocenters. The summed E-state index contributed by atoms with van der Waals surface area (Å²) >= 11 is 2.27. The number of anilines is 1. The maximum Gasteiger partial charge on any atom is 0.264 e. The Morgan fingerprint density at radius 2 is 0.855 bits per heavy atom. The molecule has 62 heavy (non-hydrogen) atoms. The highest BCUT2D eigenvalue weighted by Crippen LogP contribution is 2.32. The van der Waals surface area contributed by atoms with Crippen molar-refractivity contribution in [1.29, 1.82) is 0 Å². The van der Waals surface area contributed by atoms with Gasteiger partial charge in [-0.1, -0.05) is 28.7 Å². The van der Waals surface area contributed by atoms with E-state index < -0.39 is 29.7 Å². The monoisotopic (exact) mass is 999 g/mol. The highest BCUT2D eigenvalue weighted by molar-refractivity contribution is 14.1. The van der Waals surface area contributed by atoms with Gasteiger partial charge in [0.1, 0.15) is 6.04 Å². The summed E-state index contributed by atoms with van der Waals surface area (Å²) < 4.78 is 72.2. The lowest BCUT2D eigenvalue weighted by atomic mass is 10.0. The van der Waals surface area contributed by atoms with Crippen LogP contribution in [-0.4, -0.2) is 217 Å². The minimum absolute atomic E-state index is 0.0638. The van der Waals surface area contributed by atoms with Gasteiger partial charge in [0.25, 0.3) is 11.8 Å². The number of ether oxygens (including phenoxy) is 13. The summed E-state index contributed by atoms with van der Waals surface area (Å²) in [6.07, 6.45) is 0.166. The Morgan fingerprint density at radius 3 is 1.21 bits per heavy atom. The molecule has 3 rings (SSSR count). The molecule has 21 heteroatoms. The van der Waals surface area contributed by atoms with Crippen molar-refractivity contribution in [3.8, 4) is 0 Å². The highest BCUT2D eigenvalue weighted by atomic mass is 127. The molecule has 20 nitrogen and oxygen atoms in total. The van der Waals surface area contributed by atoms with Crippen LogP contribution in [0.1, 0.15) is 33.6 Å². The molecular weight excluding hydrogens is 933 g/mol. The van der Waals surface area contributed by atoms with Gasteiger partial charge in [-0.15, -0.1) is 0 Å². The lowest BCUT2D eigenvalue weighted by Crippen LogP contribution is -2.54. The summed E-state index contributed by atoms with van der Waals surface area (Å²) in [6, 6.07) is 3.90. The number of hydrogen-bond acceptors (Lipinski definition) is 18. The van der Waals surface area contributed by atoms with Gasteiger partial charge in [-0.05, 0) is 18.6 Å². The van der Waals surface area contributed by atoms with Gasteiger partial charge in [0.15, 0.2) is 0 Å². The maximum atomic E-state index is 13.2. The Kier molecular flexibility index (Phi) is 32.0. The van der Waals surface area contributed by atoms with Gasteiger partial charge in [-0.25, -0.2) is 0 Å². The number of nitrogens with one attached hydrogen (secondary N) is 2. The number of rotatable bonds is 43. The van der Waals surface area contributed by atoms with Gasteiger partial charge >= 0.3 is 0 Å². The molecule has 2 aliphatic heterocycles. The van der Waals surface area contributed by atoms with Gasteiger partial charge < -0.3 is 66.9 Å². The van der Waals surface area contributed by atoms with E-state index in [2.05, 4.69) is 33.2 Å². The van der Waals surface area contributed by atoms with Crippen LogP contribution in [0.4, 0.5) is 5.69 Å². The lowest BCUT2D eigenvalue weighted by Gasteiger charge is -2.27. The number of nitrogens with zero attached hydrogens (tertiary/aromatic N) is 1. The Labute approximate surface area is 377 Å². The molecule has 2 N–H and O–H groups in total. The van der Waals surface area contributed by atoms with Crippen LogP contribution in [0.2, 0.25) is 0 Å². The van der Waals surface area contributed by atoms with Crippen molar-refractivity contribution in [3.05, 3.63) is 29.3 Å². The number of benzene rings is 1. The second kappa shape index (κ2) is 36.8. The largest absolute Gasteiger partial charge is 0.382 e. The van der Waals surface area contributed by atoms with Gasteiger partial charge in [-0.2, -0.15) is 0 Å². The minimum atomic E-state index is -1.01. The van der Waals surface area contributed by atoms with E-state index >= 15 is 0 Å². The van der Waals surface area contributed by atoms with Crippen LogP contribution in [0.25, 0.3) is 0 Å². The van der Waals surface area contributed by atoms with Crippen LogP contribution in [0, 0.1) is 0 Å². The molecule has 1 atom stereocenters. The molecule has 1 saturated heterocycles. The van der Waals surface area contributed by atoms with E-state index in [1.807, 2.05) is 0 Å². The van der Waals surface area contributed by atoms with E-state index in [-0.39, 0.29) is 24.0 Å². The normalized spacial score (nSPS) is 15.2. The summed E-state index contributed by atoms with van der Waals surface area (Å²) in [4.78, 5) is 50.9. The summed E-state index contributed by atoms with van der Waals surface area (Å²) in [5.41, 5.74) is 0.902. The topological polar surface area (TPSA) is 216 Å². The first-order valence-electron chi connectivity index (χ1n) is 21.2. The number of piperidine rings is 1. The quantitative estimate of drug-likeness (QED) is 0.0406. The molecule has 1 fully saturated rings. The molecule has 0 spiro atoms. The first-order chi connectivity index (χ1) is 30.5. The van der Waals surface area contributed by atoms with Gasteiger partial charge in [0.2, 0.25) is 11.8 Å². The SMILES string of the molecule is O=C1CCC(N2C(=O)c3cccc(NCCOCCOCCOCCOCCOCCOCCOCCOCCOCCOCCOCCOCCOCCI)c3C2=O)C(=O)N1. The number of carbonyl (C=O) groups is 4. The third kappa shape index (κ3) is 24.0. The Hall–Kier alpha value is -2.49. The van der Waals surface area contributed by atoms with Crippen molar-refractivity contribution < 1.29 is 80.8 Å². The number of hydrogen-bond donors (Lipinski definition) is 2. The van der Waals surface area contributed by atoms with Crippen molar-refractivity contribution in [3.63, 3.8) is 0 Å². The van der Waals surface area contributed by atoms with Gasteiger partial charge in [0, 0.05) is 23.1 Å². The summed E-state index contributed by atoms with van der Waals surface area (Å²) in [7, 11) is 0. The molecule has 2 aliphatic rings. The van der Waals surface area contributed by atoms with Gasteiger partial charge in [-0.3, -0.25) is 29.4 Å². The summed E-state index contributed by atoms with van der Waals surface area (Å²) in [6.45, 7) is 13.1. The first-order valence-corrected chi connectivity index (χ1v) is 22.7. The molecule has 0 aromatic heterocycles. The Morgan fingerprint density at radius 1 is 0.500 bits per heavy atom. The van der Waals surface area contributed by atoms with E-state index in [1.165, 1.54) is 0 Å². The summed E-state index contributed by atoms with van der Waals surface area (Å²) in [5.74, 6) is -2.17. The minimum Gasteiger partial charge on any atom is -0.382 e. The molecule has 0 bridgehead atoms. The van der Waals surface area contributed by atoms with E-state index in [4.69, 9.17) is 61.6 Å². The van der Waals surface area contributed by atoms with Crippen molar-refractivity contribution >= 4 is 51.9 Å². The number of imide groups is 2. The highest BCUT2D eigenvalue weighted by Gasteiger charge is 2.45. The molecule has 0 saturated carbocycles. The number of alkyl halides is 1. The fourth-order valence-corrected chi connectivity index (χ4v) is 6.03. The predicted octanol–water partition coefficient (Wildman–Crippen LogP) is 1.15. The second-order valence-electron chi connectivity index (χ2n) is 13.3. The third-order valence-corrected chi connectivity index (χ3v) is 9.16. The van der Waals surface area contributed by atoms with Crippen LogP contribution in [0.3, 0.4) is 0 Å². The molecule has 4 amide bonds. The van der Waals surface area contributed by atoms with Crippen LogP contribution < -0.4 is 10.6 Å². The van der Waals surface area contributed by atoms with Crippen LogP contribution in [0.15, 0.2) is 18.2 Å². The predicted molar refractivity (Wildman–Crippen MR) is 231 cm³/mol.